The number of pyridine rings is 2. The lowest BCUT2D eigenvalue weighted by Crippen LogP contribution is -2.28. The highest BCUT2D eigenvalue weighted by Crippen LogP contribution is 2.45. The topological polar surface area (TPSA) is 309 Å². The Kier molecular flexibility index (Phi) is 21.6. The maximum atomic E-state index is 13.6. The summed E-state index contributed by atoms with van der Waals surface area (Å²) in [5.41, 5.74) is 4.72. The third-order valence-corrected chi connectivity index (χ3v) is 17.8. The molecule has 0 spiro atoms. The van der Waals surface area contributed by atoms with E-state index in [4.69, 9.17) is 26.1 Å². The van der Waals surface area contributed by atoms with Crippen LogP contribution in [0.15, 0.2) is 85.6 Å². The summed E-state index contributed by atoms with van der Waals surface area (Å²) in [6.45, 7) is 11.4. The van der Waals surface area contributed by atoms with Crippen molar-refractivity contribution in [3.05, 3.63) is 115 Å². The van der Waals surface area contributed by atoms with E-state index in [9.17, 15) is 26.4 Å². The molecule has 2 saturated carbocycles. The van der Waals surface area contributed by atoms with E-state index < -0.39 is 19.7 Å². The maximum Gasteiger partial charge on any atom is 0.295 e. The fourth-order valence-corrected chi connectivity index (χ4v) is 10.6. The van der Waals surface area contributed by atoms with E-state index in [1.54, 1.807) is 61.9 Å². The zero-order valence-corrected chi connectivity index (χ0v) is 49.2. The van der Waals surface area contributed by atoms with Gasteiger partial charge in [0.05, 0.1) is 83.8 Å². The molecule has 2 aliphatic carbocycles. The van der Waals surface area contributed by atoms with Crippen molar-refractivity contribution in [2.75, 3.05) is 36.4 Å². The lowest BCUT2D eigenvalue weighted by Gasteiger charge is -2.18. The van der Waals surface area contributed by atoms with Crippen LogP contribution >= 0.6 is 27.5 Å². The minimum absolute atomic E-state index is 0. The van der Waals surface area contributed by atoms with Gasteiger partial charge < -0.3 is 20.1 Å². The largest absolute Gasteiger partial charge is 0.480 e. The molecule has 0 aromatic carbocycles. The van der Waals surface area contributed by atoms with Gasteiger partial charge in [-0.05, 0) is 104 Å². The van der Waals surface area contributed by atoms with Crippen LogP contribution in [0.2, 0.25) is 5.28 Å². The highest BCUT2D eigenvalue weighted by atomic mass is 79.9. The number of fused-ring (bicyclic) bond motifs is 2. The monoisotopic (exact) mass is 1250 g/mol. The molecule has 2 aliphatic rings. The lowest BCUT2D eigenvalue weighted by atomic mass is 10.1. The fraction of sp³-hybridized carbons (Fsp3) is 0.444. The highest BCUT2D eigenvalue weighted by molar-refractivity contribution is 9.10. The predicted octanol–water partition coefficient (Wildman–Crippen LogP) is 9.31. The van der Waals surface area contributed by atoms with Crippen LogP contribution in [0.5, 0.6) is 11.8 Å². The van der Waals surface area contributed by atoms with E-state index in [0.29, 0.717) is 75.1 Å². The summed E-state index contributed by atoms with van der Waals surface area (Å²) in [7, 11) is -3.49. The van der Waals surface area contributed by atoms with Crippen molar-refractivity contribution in [2.45, 2.75) is 142 Å². The molecule has 8 aromatic rings. The second kappa shape index (κ2) is 27.7. The number of nitrogens with one attached hydrogen (secondary N) is 2. The molecule has 0 aliphatic heterocycles. The van der Waals surface area contributed by atoms with Crippen molar-refractivity contribution in [1.82, 2.24) is 68.9 Å². The van der Waals surface area contributed by atoms with Gasteiger partial charge in [0.1, 0.15) is 33.7 Å². The molecule has 0 amide bonds. The Morgan fingerprint density at radius 2 is 1.06 bits per heavy atom. The van der Waals surface area contributed by atoms with E-state index in [-0.39, 0.29) is 89.4 Å². The first kappa shape index (κ1) is 63.9. The second-order valence-electron chi connectivity index (χ2n) is 18.8. The van der Waals surface area contributed by atoms with Crippen molar-refractivity contribution in [3.63, 3.8) is 0 Å². The van der Waals surface area contributed by atoms with Crippen LogP contribution in [-0.2, 0) is 32.8 Å². The van der Waals surface area contributed by atoms with Gasteiger partial charge >= 0.3 is 0 Å². The molecule has 28 heteroatoms. The molecule has 24 nitrogen and oxygen atoms in total. The van der Waals surface area contributed by atoms with E-state index >= 15 is 0 Å². The SMILES string of the molecule is C.C.CC[C@@H](C)n1c(=O)c(NCc2ccc(S(=O)(=O)CC)cn2)nc2cnc(-c3c(OC)ncnc3C3CC3)nc21.CC[C@@H](C)n1c(=O)c(NCc2ccc(S(=O)(=O)CC)cn2)nc2cnc(Cl)nc21.COc1ncnc(C2CC2)c1Br. The molecule has 8 heterocycles. The van der Waals surface area contributed by atoms with Gasteiger partial charge in [-0.1, -0.05) is 42.5 Å². The molecule has 10 rings (SSSR count). The number of ether oxygens (including phenoxy) is 2. The van der Waals surface area contributed by atoms with Gasteiger partial charge in [0.2, 0.25) is 17.0 Å². The Morgan fingerprint density at radius 1 is 0.610 bits per heavy atom. The summed E-state index contributed by atoms with van der Waals surface area (Å²) in [6.07, 6.45) is 14.7. The van der Waals surface area contributed by atoms with Gasteiger partial charge in [0.25, 0.3) is 11.1 Å². The second-order valence-corrected chi connectivity index (χ2v) is 24.5. The van der Waals surface area contributed by atoms with Gasteiger partial charge in [-0.3, -0.25) is 28.7 Å². The summed E-state index contributed by atoms with van der Waals surface area (Å²) < 4.78 is 62.5. The van der Waals surface area contributed by atoms with Crippen LogP contribution in [0.3, 0.4) is 0 Å². The molecule has 0 bridgehead atoms. The van der Waals surface area contributed by atoms with Crippen molar-refractivity contribution in [3.8, 4) is 23.1 Å². The van der Waals surface area contributed by atoms with Crippen LogP contribution < -0.4 is 31.2 Å². The Labute approximate surface area is 489 Å². The van der Waals surface area contributed by atoms with Gasteiger partial charge in [0, 0.05) is 36.3 Å². The zero-order valence-electron chi connectivity index (χ0n) is 45.3. The molecule has 2 fully saturated rings. The average molecular weight is 1250 g/mol. The standard InChI is InChI=1S/C26H30N8O4S.C18H21ClN6O3S.C8H9BrN2O.2CH4/c1-5-15(3)34-24-19(13-29-22(33-24)20-21(16-7-8-16)30-14-31-25(20)38-4)32-23(26(34)35)28-11-17-9-10-18(12-27-17)39(36,37)6-2;1-4-11(3)25-16-14(10-22-18(19)24-16)23-15(17(25)26)21-8-12-6-7-13(9-20-12)29(27,28)5-2;1-12-8-6(9)7(5-2-3-5)10-4-11-8;;/h9-10,12-16H,5-8,11H2,1-4H3,(H,28,32);6-7,9-11H,4-5,8H2,1-3H3,(H,21,23);4-5H,2-3H2,1H3;2*1H4/t15-;11-;;;/m11.../s1. The molecule has 2 atom stereocenters. The molecule has 438 valence electrons. The number of nitrogens with zero attached hydrogens (tertiary/aromatic N) is 14. The third-order valence-electron chi connectivity index (χ3n) is 13.4. The highest BCUT2D eigenvalue weighted by Gasteiger charge is 2.32. The smallest absolute Gasteiger partial charge is 0.295 e. The van der Waals surface area contributed by atoms with Gasteiger partial charge in [-0.25, -0.2) is 61.7 Å². The van der Waals surface area contributed by atoms with E-state index in [0.717, 1.165) is 35.1 Å². The first-order chi connectivity index (χ1) is 38.4. The first-order valence-corrected chi connectivity index (χ1v) is 30.3. The number of hydrogen-bond acceptors (Lipinski definition) is 22. The maximum absolute atomic E-state index is 13.6. The molecule has 0 saturated heterocycles. The molecule has 0 unspecified atom stereocenters. The summed E-state index contributed by atoms with van der Waals surface area (Å²) in [6, 6.07) is 5.96. The summed E-state index contributed by atoms with van der Waals surface area (Å²) in [4.78, 5) is 78.6. The number of aromatic nitrogens is 14. The number of sulfone groups is 2. The molecular formula is C54H68BrClN16O8S2. The van der Waals surface area contributed by atoms with E-state index in [1.807, 2.05) is 27.7 Å². The summed E-state index contributed by atoms with van der Waals surface area (Å²) in [5.74, 6) is 2.60. The zero-order chi connectivity index (χ0) is 57.5. The van der Waals surface area contributed by atoms with Crippen LogP contribution in [0.4, 0.5) is 11.6 Å². The predicted molar refractivity (Wildman–Crippen MR) is 318 cm³/mol. The average Bonchev–Trinajstić information content (AvgIpc) is 4.52. The van der Waals surface area contributed by atoms with Crippen LogP contribution in [0.25, 0.3) is 33.7 Å². The Morgan fingerprint density at radius 3 is 1.50 bits per heavy atom. The lowest BCUT2D eigenvalue weighted by molar-refractivity contribution is 0.392. The normalized spacial score (nSPS) is 13.7. The van der Waals surface area contributed by atoms with Gasteiger partial charge in [0.15, 0.2) is 48.4 Å². The van der Waals surface area contributed by atoms with Crippen molar-refractivity contribution >= 4 is 81.2 Å². The van der Waals surface area contributed by atoms with Gasteiger partial charge in [-0.2, -0.15) is 4.98 Å². The summed E-state index contributed by atoms with van der Waals surface area (Å²) in [5, 5.41) is 6.08. The minimum atomic E-state index is -3.34. The molecule has 0 radical (unpaired) electrons. The Hall–Kier alpha value is -7.23. The van der Waals surface area contributed by atoms with Crippen molar-refractivity contribution in [2.24, 2.45) is 0 Å². The van der Waals surface area contributed by atoms with Gasteiger partial charge in [-0.15, -0.1) is 0 Å². The third kappa shape index (κ3) is 14.5. The molecular weight excluding hydrogens is 1180 g/mol. The van der Waals surface area contributed by atoms with Crippen LogP contribution in [0, 0.1) is 0 Å². The van der Waals surface area contributed by atoms with E-state index in [1.165, 1.54) is 49.9 Å². The minimum Gasteiger partial charge on any atom is -0.480 e. The van der Waals surface area contributed by atoms with Crippen molar-refractivity contribution < 1.29 is 26.3 Å². The molecule has 8 aromatic heterocycles. The van der Waals surface area contributed by atoms with Crippen LogP contribution in [-0.4, -0.2) is 112 Å². The number of methoxy groups -OCH3 is 2. The Balaban J connectivity index is 0.000000220. The number of anilines is 2. The number of hydrogen-bond donors (Lipinski definition) is 2. The quantitative estimate of drug-likeness (QED) is 0.0712. The first-order valence-electron chi connectivity index (χ1n) is 25.9. The van der Waals surface area contributed by atoms with Crippen molar-refractivity contribution in [1.29, 1.82) is 0 Å². The number of halogens is 2. The van der Waals surface area contributed by atoms with E-state index in [2.05, 4.69) is 81.4 Å². The fourth-order valence-electron chi connectivity index (χ4n) is 8.16. The summed E-state index contributed by atoms with van der Waals surface area (Å²) >= 11 is 9.33. The Bertz CT molecular complexity index is 3890. The number of rotatable bonds is 19. The van der Waals surface area contributed by atoms with Crippen LogP contribution in [0.1, 0.15) is 142 Å². The molecule has 2 N–H and O–H groups in total. The molecule has 82 heavy (non-hydrogen) atoms.